The summed E-state index contributed by atoms with van der Waals surface area (Å²) in [5.74, 6) is -10.3. The van der Waals surface area contributed by atoms with E-state index in [4.69, 9.17) is 5.73 Å². The van der Waals surface area contributed by atoms with Gasteiger partial charge in [0.1, 0.15) is 34.2 Å². The second kappa shape index (κ2) is 9.16. The van der Waals surface area contributed by atoms with E-state index >= 15 is 4.39 Å². The molecule has 1 saturated carbocycles. The standard InChI is InChI=1S/C27H32FN3O8/c1-26(2,3)9-30-25(38)16-13(28)8-11-6-10-7-12-18(31(4)5)21(34)17(24(29)37)23(36)27(12,39)22(35)15(10)19(32)14(11)20(16)33/h8,10,12,18,32-33,36,39H,6-7,9H2,1-5H3,(H2,29,37)(H,30,38)/t10-,12-,18-,27-/m0/s1. The highest BCUT2D eigenvalue weighted by atomic mass is 19.1. The Bertz CT molecular complexity index is 1390. The predicted octanol–water partition coefficient (Wildman–Crippen LogP) is 0.879. The number of ketones is 2. The number of aliphatic hydroxyl groups is 3. The fourth-order valence-electron chi connectivity index (χ4n) is 5.91. The van der Waals surface area contributed by atoms with E-state index in [9.17, 15) is 39.6 Å². The van der Waals surface area contributed by atoms with Gasteiger partial charge in [0.2, 0.25) is 5.78 Å². The number of aromatic hydroxyl groups is 1. The summed E-state index contributed by atoms with van der Waals surface area (Å²) in [5.41, 5.74) is -0.0945. The third-order valence-electron chi connectivity index (χ3n) is 7.67. The van der Waals surface area contributed by atoms with E-state index in [1.165, 1.54) is 19.0 Å². The summed E-state index contributed by atoms with van der Waals surface area (Å²) in [6, 6.07) is -0.223. The zero-order chi connectivity index (χ0) is 29.4. The first-order valence-corrected chi connectivity index (χ1v) is 12.4. The van der Waals surface area contributed by atoms with Crippen LogP contribution in [-0.4, -0.2) is 81.0 Å². The van der Waals surface area contributed by atoms with Gasteiger partial charge in [-0.1, -0.05) is 20.8 Å². The number of rotatable bonds is 4. The van der Waals surface area contributed by atoms with Crippen molar-refractivity contribution in [2.45, 2.75) is 45.3 Å². The van der Waals surface area contributed by atoms with Crippen LogP contribution in [0.25, 0.3) is 5.76 Å². The maximum absolute atomic E-state index is 15.1. The topological polar surface area (TPSA) is 190 Å². The molecule has 2 amide bonds. The zero-order valence-electron chi connectivity index (χ0n) is 22.3. The first-order chi connectivity index (χ1) is 17.9. The number of halogens is 1. The SMILES string of the molecule is CN(C)[C@@H]1C(=O)C(C(N)=O)=C(O)[C@@]2(O)C(=O)C3=C(O)c4c(cc(F)c(C(=O)NCC(C)(C)C)c4O)C[C@H]3C[C@@H]12. The Kier molecular flexibility index (Phi) is 6.64. The van der Waals surface area contributed by atoms with Crippen molar-refractivity contribution in [2.75, 3.05) is 20.6 Å². The highest BCUT2D eigenvalue weighted by Gasteiger charge is 2.64. The molecular weight excluding hydrogens is 513 g/mol. The van der Waals surface area contributed by atoms with Crippen molar-refractivity contribution in [3.63, 3.8) is 0 Å². The van der Waals surface area contributed by atoms with Crippen LogP contribution in [0.2, 0.25) is 0 Å². The van der Waals surface area contributed by atoms with Gasteiger partial charge in [-0.3, -0.25) is 24.1 Å². The second-order valence-electron chi connectivity index (χ2n) is 11.8. The van der Waals surface area contributed by atoms with Crippen molar-refractivity contribution >= 4 is 29.1 Å². The lowest BCUT2D eigenvalue weighted by molar-refractivity contribution is -0.153. The second-order valence-corrected chi connectivity index (χ2v) is 11.8. The fourth-order valence-corrected chi connectivity index (χ4v) is 5.91. The minimum absolute atomic E-state index is 0.0804. The van der Waals surface area contributed by atoms with Gasteiger partial charge in [-0.2, -0.15) is 0 Å². The Morgan fingerprint density at radius 2 is 1.82 bits per heavy atom. The molecule has 0 aliphatic heterocycles. The van der Waals surface area contributed by atoms with Gasteiger partial charge in [-0.25, -0.2) is 4.39 Å². The minimum Gasteiger partial charge on any atom is -0.508 e. The van der Waals surface area contributed by atoms with Crippen LogP contribution >= 0.6 is 0 Å². The summed E-state index contributed by atoms with van der Waals surface area (Å²) in [4.78, 5) is 53.1. The van der Waals surface area contributed by atoms with Gasteiger partial charge in [-0.05, 0) is 49.9 Å². The number of Topliss-reactive ketones (excluding diaryl/α,β-unsaturated/α-hetero) is 2. The largest absolute Gasteiger partial charge is 0.508 e. The van der Waals surface area contributed by atoms with E-state index in [1.54, 1.807) is 0 Å². The van der Waals surface area contributed by atoms with Crippen LogP contribution in [0.1, 0.15) is 48.7 Å². The number of nitrogens with two attached hydrogens (primary N) is 1. The molecule has 0 aromatic heterocycles. The third-order valence-corrected chi connectivity index (χ3v) is 7.67. The van der Waals surface area contributed by atoms with Gasteiger partial charge in [0.15, 0.2) is 11.4 Å². The Morgan fingerprint density at radius 3 is 2.36 bits per heavy atom. The van der Waals surface area contributed by atoms with Crippen LogP contribution < -0.4 is 11.1 Å². The number of phenolic OH excluding ortho intramolecular Hbond substituents is 1. The van der Waals surface area contributed by atoms with Crippen molar-refractivity contribution in [1.29, 1.82) is 0 Å². The summed E-state index contributed by atoms with van der Waals surface area (Å²) in [5, 5.41) is 47.2. The van der Waals surface area contributed by atoms with Crippen LogP contribution in [0, 0.1) is 23.1 Å². The van der Waals surface area contributed by atoms with Crippen LogP contribution in [0.15, 0.2) is 23.0 Å². The summed E-state index contributed by atoms with van der Waals surface area (Å²) >= 11 is 0. The molecule has 1 fully saturated rings. The first-order valence-electron chi connectivity index (χ1n) is 12.4. The number of carbonyl (C=O) groups is 4. The number of hydrogen-bond donors (Lipinski definition) is 6. The van der Waals surface area contributed by atoms with Gasteiger partial charge < -0.3 is 31.5 Å². The normalized spacial score (nSPS) is 26.8. The molecule has 12 heteroatoms. The number of benzene rings is 1. The highest BCUT2D eigenvalue weighted by Crippen LogP contribution is 2.53. The smallest absolute Gasteiger partial charge is 0.258 e. The van der Waals surface area contributed by atoms with E-state index in [2.05, 4.69) is 5.32 Å². The lowest BCUT2D eigenvalue weighted by atomic mass is 9.57. The number of nitrogens with one attached hydrogen (secondary N) is 1. The predicted molar refractivity (Wildman–Crippen MR) is 136 cm³/mol. The van der Waals surface area contributed by atoms with Crippen molar-refractivity contribution in [1.82, 2.24) is 10.2 Å². The van der Waals surface area contributed by atoms with Crippen LogP contribution in [0.4, 0.5) is 4.39 Å². The number of nitrogens with zero attached hydrogens (tertiary/aromatic N) is 1. The van der Waals surface area contributed by atoms with Gasteiger partial charge in [0.25, 0.3) is 11.8 Å². The van der Waals surface area contributed by atoms with E-state index in [0.29, 0.717) is 0 Å². The van der Waals surface area contributed by atoms with Crippen molar-refractivity contribution in [2.24, 2.45) is 23.0 Å². The lowest BCUT2D eigenvalue weighted by Gasteiger charge is -2.50. The minimum atomic E-state index is -2.78. The van der Waals surface area contributed by atoms with E-state index in [0.717, 1.165) is 6.07 Å². The molecule has 11 nitrogen and oxygen atoms in total. The number of carbonyl (C=O) groups excluding carboxylic acids is 4. The fraction of sp³-hybridized carbons (Fsp3) is 0.481. The van der Waals surface area contributed by atoms with Gasteiger partial charge in [0, 0.05) is 18.0 Å². The van der Waals surface area contributed by atoms with E-state index in [1.807, 2.05) is 20.8 Å². The maximum Gasteiger partial charge on any atom is 0.258 e. The average molecular weight is 546 g/mol. The number of fused-ring (bicyclic) bond motifs is 3. The summed E-state index contributed by atoms with van der Waals surface area (Å²) in [7, 11) is 2.99. The number of aliphatic hydroxyl groups excluding tert-OH is 2. The van der Waals surface area contributed by atoms with Crippen LogP contribution in [-0.2, 0) is 20.8 Å². The zero-order valence-corrected chi connectivity index (χ0v) is 22.3. The summed E-state index contributed by atoms with van der Waals surface area (Å²) < 4.78 is 15.1. The number of primary amides is 1. The molecule has 0 unspecified atom stereocenters. The summed E-state index contributed by atoms with van der Waals surface area (Å²) in [6.07, 6.45) is -0.204. The Hall–Kier alpha value is -3.77. The van der Waals surface area contributed by atoms with E-state index in [-0.39, 0.29) is 41.5 Å². The molecule has 39 heavy (non-hydrogen) atoms. The van der Waals surface area contributed by atoms with Crippen molar-refractivity contribution < 1.29 is 44.0 Å². The molecule has 0 radical (unpaired) electrons. The van der Waals surface area contributed by atoms with Crippen molar-refractivity contribution in [3.05, 3.63) is 45.5 Å². The van der Waals surface area contributed by atoms with Gasteiger partial charge in [0.05, 0.1) is 11.6 Å². The van der Waals surface area contributed by atoms with Gasteiger partial charge >= 0.3 is 0 Å². The maximum atomic E-state index is 15.1. The molecule has 3 aliphatic rings. The monoisotopic (exact) mass is 545 g/mol. The van der Waals surface area contributed by atoms with Crippen molar-refractivity contribution in [3.8, 4) is 5.75 Å². The molecule has 4 rings (SSSR count). The van der Waals surface area contributed by atoms with Crippen LogP contribution in [0.5, 0.6) is 5.75 Å². The summed E-state index contributed by atoms with van der Waals surface area (Å²) in [6.45, 7) is 5.68. The van der Waals surface area contributed by atoms with Gasteiger partial charge in [-0.15, -0.1) is 0 Å². The molecule has 4 atom stereocenters. The number of phenols is 1. The Labute approximate surface area is 223 Å². The molecule has 0 saturated heterocycles. The molecule has 210 valence electrons. The molecule has 3 aliphatic carbocycles. The van der Waals surface area contributed by atoms with E-state index < -0.39 is 81.1 Å². The number of hydrogen-bond acceptors (Lipinski definition) is 9. The Balaban J connectivity index is 1.89. The molecule has 7 N–H and O–H groups in total. The first kappa shape index (κ1) is 28.2. The quantitative estimate of drug-likeness (QED) is 0.298. The molecule has 0 bridgehead atoms. The average Bonchev–Trinajstić information content (AvgIpc) is 2.79. The molecular formula is C27H32FN3O8. The Morgan fingerprint density at radius 1 is 1.21 bits per heavy atom. The highest BCUT2D eigenvalue weighted by molar-refractivity contribution is 6.24. The number of amides is 2. The molecule has 1 aromatic rings. The number of likely N-dealkylation sites (N-methyl/N-ethyl adjacent to an activating group) is 1. The molecule has 0 spiro atoms. The molecule has 1 aromatic carbocycles. The molecule has 0 heterocycles. The third kappa shape index (κ3) is 4.18. The van der Waals surface area contributed by atoms with Crippen LogP contribution in [0.3, 0.4) is 0 Å². The lowest BCUT2D eigenvalue weighted by Crippen LogP contribution is -2.65.